The molecule has 0 bridgehead atoms. The molecule has 0 N–H and O–H groups in total. The third-order valence-electron chi connectivity index (χ3n) is 5.97. The van der Waals surface area contributed by atoms with E-state index in [1.165, 1.54) is 17.5 Å². The topological polar surface area (TPSA) is 32.8 Å². The van der Waals surface area contributed by atoms with Gasteiger partial charge >= 0.3 is 0 Å². The van der Waals surface area contributed by atoms with Crippen LogP contribution in [-0.2, 0) is 21.5 Å². The Morgan fingerprint density at radius 1 is 1.15 bits per heavy atom. The average molecular weight is 373 g/mol. The monoisotopic (exact) mass is 372 g/mol. The van der Waals surface area contributed by atoms with Gasteiger partial charge in [0, 0.05) is 38.6 Å². The van der Waals surface area contributed by atoms with Crippen molar-refractivity contribution in [1.29, 1.82) is 0 Å². The van der Waals surface area contributed by atoms with Crippen molar-refractivity contribution in [3.8, 4) is 0 Å². The van der Waals surface area contributed by atoms with Gasteiger partial charge in [-0.05, 0) is 35.8 Å². The molecule has 150 valence electrons. The van der Waals surface area contributed by atoms with Crippen molar-refractivity contribution in [2.75, 3.05) is 39.4 Å². The summed E-state index contributed by atoms with van der Waals surface area (Å²) in [5.41, 5.74) is 2.75. The average Bonchev–Trinajstić information content (AvgIpc) is 2.60. The summed E-state index contributed by atoms with van der Waals surface area (Å²) in [6.45, 7) is 13.1. The molecule has 4 heteroatoms. The maximum atomic E-state index is 12.9. The summed E-state index contributed by atoms with van der Waals surface area (Å²) in [6, 6.07) is 8.83. The number of hydrogen-bond donors (Lipinski definition) is 0. The van der Waals surface area contributed by atoms with Crippen molar-refractivity contribution >= 4 is 5.91 Å². The van der Waals surface area contributed by atoms with E-state index in [1.54, 1.807) is 0 Å². The minimum Gasteiger partial charge on any atom is -0.379 e. The summed E-state index contributed by atoms with van der Waals surface area (Å²) in [5, 5.41) is 0. The van der Waals surface area contributed by atoms with Crippen LogP contribution in [0.2, 0.25) is 0 Å². The van der Waals surface area contributed by atoms with Crippen molar-refractivity contribution in [3.05, 3.63) is 35.4 Å². The minimum atomic E-state index is 0.165. The Bertz CT molecular complexity index is 596. The zero-order chi connectivity index (χ0) is 19.3. The maximum absolute atomic E-state index is 12.9. The van der Waals surface area contributed by atoms with Crippen LogP contribution >= 0.6 is 0 Å². The second-order valence-corrected chi connectivity index (χ2v) is 9.14. The molecule has 0 atom stereocenters. The molecule has 1 amide bonds. The lowest BCUT2D eigenvalue weighted by molar-refractivity contribution is -0.139. The summed E-state index contributed by atoms with van der Waals surface area (Å²) >= 11 is 0. The third-order valence-corrected chi connectivity index (χ3v) is 5.97. The third kappa shape index (κ3) is 5.79. The molecule has 0 spiro atoms. The zero-order valence-corrected chi connectivity index (χ0v) is 17.4. The number of benzene rings is 1. The fourth-order valence-corrected chi connectivity index (χ4v) is 3.82. The van der Waals surface area contributed by atoms with Crippen molar-refractivity contribution < 1.29 is 9.53 Å². The molecule has 1 aromatic carbocycles. The summed E-state index contributed by atoms with van der Waals surface area (Å²) < 4.78 is 5.43. The Balaban J connectivity index is 1.58. The fraction of sp³-hybridized carbons (Fsp3) is 0.696. The Morgan fingerprint density at radius 2 is 1.81 bits per heavy atom. The minimum absolute atomic E-state index is 0.165. The van der Waals surface area contributed by atoms with Crippen molar-refractivity contribution in [3.63, 3.8) is 0 Å². The molecular formula is C23H36N2O2. The van der Waals surface area contributed by atoms with Gasteiger partial charge < -0.3 is 9.64 Å². The van der Waals surface area contributed by atoms with Gasteiger partial charge in [0.1, 0.15) is 0 Å². The van der Waals surface area contributed by atoms with Crippen molar-refractivity contribution in [2.45, 2.75) is 58.4 Å². The van der Waals surface area contributed by atoms with Gasteiger partial charge in [-0.3, -0.25) is 9.69 Å². The number of rotatable bonds is 7. The molecule has 2 aliphatic rings. The highest BCUT2D eigenvalue weighted by Crippen LogP contribution is 2.29. The van der Waals surface area contributed by atoms with Gasteiger partial charge in [-0.15, -0.1) is 0 Å². The molecule has 0 radical (unpaired) electrons. The Kier molecular flexibility index (Phi) is 6.93. The lowest BCUT2D eigenvalue weighted by Gasteiger charge is -2.33. The number of ether oxygens (including phenoxy) is 1. The number of carbonyl (C=O) groups excluding carboxylic acids is 1. The lowest BCUT2D eigenvalue weighted by atomic mass is 9.84. The molecule has 1 aromatic rings. The number of hydrogen-bond acceptors (Lipinski definition) is 3. The number of carbonyl (C=O) groups is 1. The lowest BCUT2D eigenvalue weighted by Crippen LogP contribution is -2.41. The molecule has 27 heavy (non-hydrogen) atoms. The Hall–Kier alpha value is -1.39. The molecule has 1 saturated carbocycles. The van der Waals surface area contributed by atoms with Gasteiger partial charge in [0.15, 0.2) is 0 Å². The van der Waals surface area contributed by atoms with Crippen LogP contribution in [0.4, 0.5) is 0 Å². The van der Waals surface area contributed by atoms with E-state index in [0.29, 0.717) is 5.91 Å². The van der Waals surface area contributed by atoms with Gasteiger partial charge in [0.05, 0.1) is 13.2 Å². The largest absolute Gasteiger partial charge is 0.379 e. The highest BCUT2D eigenvalue weighted by Gasteiger charge is 2.29. The SMILES string of the molecule is CC(C)(C)c1ccc(CN(CCCN2CCOCC2)C(=O)C2CCC2)cc1. The van der Waals surface area contributed by atoms with Crippen molar-refractivity contribution in [1.82, 2.24) is 9.80 Å². The van der Waals surface area contributed by atoms with Crippen LogP contribution < -0.4 is 0 Å². The van der Waals surface area contributed by atoms with Gasteiger partial charge in [0.25, 0.3) is 0 Å². The van der Waals surface area contributed by atoms with Crippen LogP contribution in [0.3, 0.4) is 0 Å². The first kappa shape index (κ1) is 20.3. The maximum Gasteiger partial charge on any atom is 0.225 e. The molecule has 1 heterocycles. The molecule has 0 aromatic heterocycles. The molecule has 0 unspecified atom stereocenters. The molecule has 1 aliphatic heterocycles. The number of nitrogens with zero attached hydrogens (tertiary/aromatic N) is 2. The molecule has 2 fully saturated rings. The van der Waals surface area contributed by atoms with Gasteiger partial charge in [0.2, 0.25) is 5.91 Å². The first-order valence-electron chi connectivity index (χ1n) is 10.6. The second kappa shape index (κ2) is 9.20. The number of amides is 1. The van der Waals surface area contributed by atoms with E-state index in [4.69, 9.17) is 4.74 Å². The summed E-state index contributed by atoms with van der Waals surface area (Å²) in [5.74, 6) is 0.630. The van der Waals surface area contributed by atoms with Gasteiger partial charge in [-0.25, -0.2) is 0 Å². The van der Waals surface area contributed by atoms with E-state index in [0.717, 1.165) is 65.2 Å². The van der Waals surface area contributed by atoms with Gasteiger partial charge in [-0.1, -0.05) is 51.5 Å². The number of morpholine rings is 1. The Labute approximate surface area is 164 Å². The van der Waals surface area contributed by atoms with E-state index in [1.807, 2.05) is 0 Å². The van der Waals surface area contributed by atoms with E-state index in [9.17, 15) is 4.79 Å². The molecular weight excluding hydrogens is 336 g/mol. The highest BCUT2D eigenvalue weighted by molar-refractivity contribution is 5.79. The van der Waals surface area contributed by atoms with E-state index in [2.05, 4.69) is 54.8 Å². The molecule has 3 rings (SSSR count). The van der Waals surface area contributed by atoms with Crippen LogP contribution in [0, 0.1) is 5.92 Å². The van der Waals surface area contributed by atoms with Crippen LogP contribution in [0.15, 0.2) is 24.3 Å². The predicted molar refractivity (Wildman–Crippen MR) is 110 cm³/mol. The summed E-state index contributed by atoms with van der Waals surface area (Å²) in [6.07, 6.45) is 4.39. The second-order valence-electron chi connectivity index (χ2n) is 9.14. The molecule has 4 nitrogen and oxygen atoms in total. The van der Waals surface area contributed by atoms with Crippen LogP contribution in [-0.4, -0.2) is 55.1 Å². The molecule has 1 aliphatic carbocycles. The smallest absolute Gasteiger partial charge is 0.225 e. The standard InChI is InChI=1S/C23H36N2O2/c1-23(2,3)21-10-8-19(9-11-21)18-25(22(26)20-6-4-7-20)13-5-12-24-14-16-27-17-15-24/h8-11,20H,4-7,12-18H2,1-3H3. The zero-order valence-electron chi connectivity index (χ0n) is 17.4. The van der Waals surface area contributed by atoms with E-state index >= 15 is 0 Å². The quantitative estimate of drug-likeness (QED) is 0.729. The normalized spacial score (nSPS) is 18.9. The van der Waals surface area contributed by atoms with E-state index < -0.39 is 0 Å². The van der Waals surface area contributed by atoms with Crippen LogP contribution in [0.25, 0.3) is 0 Å². The fourth-order valence-electron chi connectivity index (χ4n) is 3.82. The van der Waals surface area contributed by atoms with E-state index in [-0.39, 0.29) is 11.3 Å². The Morgan fingerprint density at radius 3 is 2.37 bits per heavy atom. The summed E-state index contributed by atoms with van der Waals surface area (Å²) in [4.78, 5) is 17.5. The first-order valence-corrected chi connectivity index (χ1v) is 10.6. The highest BCUT2D eigenvalue weighted by atomic mass is 16.5. The van der Waals surface area contributed by atoms with Crippen molar-refractivity contribution in [2.24, 2.45) is 5.92 Å². The first-order chi connectivity index (χ1) is 12.9. The predicted octanol–water partition coefficient (Wildman–Crippen LogP) is 3.84. The summed E-state index contributed by atoms with van der Waals surface area (Å²) in [7, 11) is 0. The van der Waals surface area contributed by atoms with Crippen LogP contribution in [0.5, 0.6) is 0 Å². The van der Waals surface area contributed by atoms with Gasteiger partial charge in [-0.2, -0.15) is 0 Å². The molecule has 1 saturated heterocycles. The van der Waals surface area contributed by atoms with Crippen LogP contribution in [0.1, 0.15) is 57.6 Å².